The van der Waals surface area contributed by atoms with Crippen LogP contribution >= 0.6 is 11.6 Å². The molecule has 0 saturated carbocycles. The second-order valence-corrected chi connectivity index (χ2v) is 5.45. The smallest absolute Gasteiger partial charge is 0.237 e. The van der Waals surface area contributed by atoms with Crippen LogP contribution in [0.1, 0.15) is 16.7 Å². The Morgan fingerprint density at radius 1 is 1.26 bits per heavy atom. The van der Waals surface area contributed by atoms with E-state index in [4.69, 9.17) is 11.6 Å². The molecule has 4 nitrogen and oxygen atoms in total. The Morgan fingerprint density at radius 3 is 3.00 bits per heavy atom. The average Bonchev–Trinajstić information content (AvgIpc) is 2.90. The zero-order valence-electron chi connectivity index (χ0n) is 9.98. The van der Waals surface area contributed by atoms with Gasteiger partial charge in [0.2, 0.25) is 5.91 Å². The first-order valence-electron chi connectivity index (χ1n) is 6.09. The summed E-state index contributed by atoms with van der Waals surface area (Å²) in [5.74, 6) is 0.702. The molecule has 0 radical (unpaired) electrons. The van der Waals surface area contributed by atoms with Gasteiger partial charge in [0.1, 0.15) is 11.0 Å². The van der Waals surface area contributed by atoms with Crippen molar-refractivity contribution in [2.24, 2.45) is 0 Å². The molecule has 94 valence electrons. The van der Waals surface area contributed by atoms with E-state index < -0.39 is 5.41 Å². The van der Waals surface area contributed by atoms with Gasteiger partial charge in [-0.05, 0) is 36.1 Å². The predicted molar refractivity (Wildman–Crippen MR) is 71.2 cm³/mol. The summed E-state index contributed by atoms with van der Waals surface area (Å²) in [6, 6.07) is 5.70. The van der Waals surface area contributed by atoms with E-state index in [-0.39, 0.29) is 5.91 Å². The van der Waals surface area contributed by atoms with Crippen LogP contribution in [0.25, 0.3) is 0 Å². The number of aromatic nitrogens is 2. The SMILES string of the molecule is O=C1Nc2ncccc2[C@]12Cc1cnc(Cl)cc1C2. The number of nitrogens with one attached hydrogen (secondary N) is 1. The first-order valence-corrected chi connectivity index (χ1v) is 6.47. The summed E-state index contributed by atoms with van der Waals surface area (Å²) in [6.07, 6.45) is 4.79. The lowest BCUT2D eigenvalue weighted by molar-refractivity contribution is -0.120. The van der Waals surface area contributed by atoms with E-state index >= 15 is 0 Å². The number of anilines is 1. The second kappa shape index (κ2) is 3.54. The lowest BCUT2D eigenvalue weighted by atomic mass is 9.79. The maximum atomic E-state index is 12.4. The van der Waals surface area contributed by atoms with E-state index in [0.717, 1.165) is 16.7 Å². The van der Waals surface area contributed by atoms with Crippen molar-refractivity contribution in [2.45, 2.75) is 18.3 Å². The molecule has 0 saturated heterocycles. The van der Waals surface area contributed by atoms with Crippen molar-refractivity contribution in [3.8, 4) is 0 Å². The molecule has 2 aliphatic rings. The highest BCUT2D eigenvalue weighted by atomic mass is 35.5. The molecule has 1 amide bonds. The minimum absolute atomic E-state index is 0.0218. The number of halogens is 1. The zero-order chi connectivity index (χ0) is 13.0. The van der Waals surface area contributed by atoms with Gasteiger partial charge in [0, 0.05) is 18.0 Å². The lowest BCUT2D eigenvalue weighted by Gasteiger charge is -2.20. The van der Waals surface area contributed by atoms with Gasteiger partial charge in [0.25, 0.3) is 0 Å². The number of nitrogens with zero attached hydrogens (tertiary/aromatic N) is 2. The number of pyridine rings is 2. The van der Waals surface area contributed by atoms with Gasteiger partial charge in [0.05, 0.1) is 5.41 Å². The molecular formula is C14H10ClN3O. The molecule has 1 spiro atoms. The molecule has 1 aliphatic heterocycles. The first-order chi connectivity index (χ1) is 9.19. The standard InChI is InChI=1S/C14H10ClN3O/c15-11-4-8-5-14(6-9(8)7-17-11)10-2-1-3-16-12(10)18-13(14)19/h1-4,7H,5-6H2,(H,16,18,19)/t14-/m0/s1. The maximum absolute atomic E-state index is 12.4. The van der Waals surface area contributed by atoms with E-state index in [1.54, 1.807) is 12.4 Å². The van der Waals surface area contributed by atoms with Crippen molar-refractivity contribution >= 4 is 23.3 Å². The van der Waals surface area contributed by atoms with E-state index in [1.165, 1.54) is 0 Å². The van der Waals surface area contributed by atoms with Crippen LogP contribution in [0.3, 0.4) is 0 Å². The average molecular weight is 272 g/mol. The van der Waals surface area contributed by atoms with Crippen LogP contribution in [-0.2, 0) is 23.1 Å². The minimum Gasteiger partial charge on any atom is -0.310 e. The van der Waals surface area contributed by atoms with Crippen LogP contribution in [0.5, 0.6) is 0 Å². The van der Waals surface area contributed by atoms with E-state index in [1.807, 2.05) is 18.2 Å². The molecular weight excluding hydrogens is 262 g/mol. The molecule has 1 aliphatic carbocycles. The predicted octanol–water partition coefficient (Wildman–Crippen LogP) is 2.12. The number of amides is 1. The molecule has 2 aromatic rings. The fourth-order valence-corrected chi connectivity index (χ4v) is 3.30. The Balaban J connectivity index is 1.88. The van der Waals surface area contributed by atoms with E-state index in [2.05, 4.69) is 15.3 Å². The van der Waals surface area contributed by atoms with E-state index in [0.29, 0.717) is 23.8 Å². The molecule has 19 heavy (non-hydrogen) atoms. The molecule has 1 N–H and O–H groups in total. The summed E-state index contributed by atoms with van der Waals surface area (Å²) in [6.45, 7) is 0. The fourth-order valence-electron chi connectivity index (χ4n) is 3.12. The summed E-state index contributed by atoms with van der Waals surface area (Å²) >= 11 is 5.93. The largest absolute Gasteiger partial charge is 0.310 e. The van der Waals surface area contributed by atoms with Crippen LogP contribution in [0.15, 0.2) is 30.6 Å². The monoisotopic (exact) mass is 271 g/mol. The molecule has 3 heterocycles. The van der Waals surface area contributed by atoms with Crippen LogP contribution in [0.4, 0.5) is 5.82 Å². The highest BCUT2D eigenvalue weighted by Crippen LogP contribution is 2.46. The molecule has 0 aromatic carbocycles. The topological polar surface area (TPSA) is 54.9 Å². The molecule has 0 unspecified atom stereocenters. The van der Waals surface area contributed by atoms with Crippen LogP contribution < -0.4 is 5.32 Å². The van der Waals surface area contributed by atoms with Crippen molar-refractivity contribution in [3.63, 3.8) is 0 Å². The van der Waals surface area contributed by atoms with Crippen LogP contribution in [0, 0.1) is 0 Å². The van der Waals surface area contributed by atoms with Gasteiger partial charge >= 0.3 is 0 Å². The summed E-state index contributed by atoms with van der Waals surface area (Å²) < 4.78 is 0. The van der Waals surface area contributed by atoms with Crippen LogP contribution in [0.2, 0.25) is 5.15 Å². The minimum atomic E-state index is -0.529. The number of carbonyl (C=O) groups excluding carboxylic acids is 1. The third-order valence-electron chi connectivity index (χ3n) is 4.02. The Labute approximate surface area is 114 Å². The van der Waals surface area contributed by atoms with Crippen molar-refractivity contribution in [1.82, 2.24) is 9.97 Å². The van der Waals surface area contributed by atoms with Crippen molar-refractivity contribution in [2.75, 3.05) is 5.32 Å². The van der Waals surface area contributed by atoms with Gasteiger partial charge in [-0.2, -0.15) is 0 Å². The number of fused-ring (bicyclic) bond motifs is 3. The third kappa shape index (κ3) is 1.37. The number of carbonyl (C=O) groups is 1. The Hall–Kier alpha value is -1.94. The van der Waals surface area contributed by atoms with Crippen LogP contribution in [-0.4, -0.2) is 15.9 Å². The molecule has 1 atom stereocenters. The van der Waals surface area contributed by atoms with Gasteiger partial charge in [-0.25, -0.2) is 9.97 Å². The zero-order valence-corrected chi connectivity index (χ0v) is 10.7. The van der Waals surface area contributed by atoms with Gasteiger partial charge < -0.3 is 5.32 Å². The molecule has 5 heteroatoms. The second-order valence-electron chi connectivity index (χ2n) is 5.07. The van der Waals surface area contributed by atoms with Crippen molar-refractivity contribution in [3.05, 3.63) is 52.4 Å². The first kappa shape index (κ1) is 10.9. The summed E-state index contributed by atoms with van der Waals surface area (Å²) in [4.78, 5) is 20.7. The molecule has 0 fully saturated rings. The van der Waals surface area contributed by atoms with Crippen molar-refractivity contribution in [1.29, 1.82) is 0 Å². The highest BCUT2D eigenvalue weighted by Gasteiger charge is 2.51. The van der Waals surface area contributed by atoms with Gasteiger partial charge in [0.15, 0.2) is 0 Å². The molecule has 2 aromatic heterocycles. The molecule has 4 rings (SSSR count). The summed E-state index contributed by atoms with van der Waals surface area (Å²) in [5.41, 5.74) is 2.65. The fraction of sp³-hybridized carbons (Fsp3) is 0.214. The molecule has 0 bridgehead atoms. The number of hydrogen-bond donors (Lipinski definition) is 1. The van der Waals surface area contributed by atoms with Gasteiger partial charge in [-0.1, -0.05) is 17.7 Å². The van der Waals surface area contributed by atoms with Gasteiger partial charge in [-0.15, -0.1) is 0 Å². The third-order valence-corrected chi connectivity index (χ3v) is 4.23. The van der Waals surface area contributed by atoms with Gasteiger partial charge in [-0.3, -0.25) is 4.79 Å². The Bertz CT molecular complexity index is 716. The Kier molecular flexibility index (Phi) is 2.04. The summed E-state index contributed by atoms with van der Waals surface area (Å²) in [5, 5.41) is 3.35. The Morgan fingerprint density at radius 2 is 2.11 bits per heavy atom. The normalized spacial score (nSPS) is 23.3. The maximum Gasteiger partial charge on any atom is 0.237 e. The number of rotatable bonds is 0. The lowest BCUT2D eigenvalue weighted by Crippen LogP contribution is -2.35. The quantitative estimate of drug-likeness (QED) is 0.747. The number of hydrogen-bond acceptors (Lipinski definition) is 3. The van der Waals surface area contributed by atoms with E-state index in [9.17, 15) is 4.79 Å². The summed E-state index contributed by atoms with van der Waals surface area (Å²) in [7, 11) is 0. The highest BCUT2D eigenvalue weighted by molar-refractivity contribution is 6.29. The van der Waals surface area contributed by atoms with Crippen molar-refractivity contribution < 1.29 is 4.79 Å².